The fraction of sp³-hybridized carbons (Fsp3) is 0.611. The molecule has 0 bridgehead atoms. The third-order valence-electron chi connectivity index (χ3n) is 4.05. The zero-order valence-electron chi connectivity index (χ0n) is 14.8. The minimum atomic E-state index is 0.602. The van der Waals surface area contributed by atoms with Crippen LogP contribution in [0.2, 0.25) is 0 Å². The SMILES string of the molecule is CN=C(NCCOc1cc(C)cc(C)c1)N1CCC(COC)C1. The van der Waals surface area contributed by atoms with Crippen LogP contribution in [0.1, 0.15) is 17.5 Å². The van der Waals surface area contributed by atoms with Gasteiger partial charge < -0.3 is 19.7 Å². The quantitative estimate of drug-likeness (QED) is 0.496. The number of benzene rings is 1. The number of guanidine groups is 1. The lowest BCUT2D eigenvalue weighted by molar-refractivity contribution is 0.157. The Hall–Kier alpha value is -1.75. The van der Waals surface area contributed by atoms with Crippen molar-refractivity contribution in [3.8, 4) is 5.75 Å². The van der Waals surface area contributed by atoms with Gasteiger partial charge in [0.2, 0.25) is 0 Å². The van der Waals surface area contributed by atoms with Gasteiger partial charge in [0.05, 0.1) is 13.2 Å². The van der Waals surface area contributed by atoms with E-state index in [-0.39, 0.29) is 0 Å². The number of hydrogen-bond donors (Lipinski definition) is 1. The van der Waals surface area contributed by atoms with Crippen LogP contribution in [0.5, 0.6) is 5.75 Å². The number of aliphatic imine (C=N–C) groups is 1. The molecule has 0 saturated carbocycles. The normalized spacial score (nSPS) is 18.3. The molecule has 5 heteroatoms. The van der Waals surface area contributed by atoms with Crippen LogP contribution in [0.25, 0.3) is 0 Å². The molecule has 1 aromatic rings. The highest BCUT2D eigenvalue weighted by Gasteiger charge is 2.24. The van der Waals surface area contributed by atoms with Crippen molar-refractivity contribution in [1.82, 2.24) is 10.2 Å². The number of rotatable bonds is 6. The van der Waals surface area contributed by atoms with Crippen LogP contribution >= 0.6 is 0 Å². The summed E-state index contributed by atoms with van der Waals surface area (Å²) < 4.78 is 11.1. The summed E-state index contributed by atoms with van der Waals surface area (Å²) in [4.78, 5) is 6.66. The summed E-state index contributed by atoms with van der Waals surface area (Å²) in [5.74, 6) is 2.48. The molecule has 2 rings (SSSR count). The number of ether oxygens (including phenoxy) is 2. The fourth-order valence-electron chi connectivity index (χ4n) is 3.08. The van der Waals surface area contributed by atoms with E-state index >= 15 is 0 Å². The lowest BCUT2D eigenvalue weighted by Gasteiger charge is -2.21. The van der Waals surface area contributed by atoms with Crippen LogP contribution in [-0.2, 0) is 4.74 Å². The Kier molecular flexibility index (Phi) is 6.71. The highest BCUT2D eigenvalue weighted by Crippen LogP contribution is 2.17. The Morgan fingerprint density at radius 2 is 2.04 bits per heavy atom. The van der Waals surface area contributed by atoms with E-state index in [1.807, 2.05) is 7.05 Å². The largest absolute Gasteiger partial charge is 0.492 e. The van der Waals surface area contributed by atoms with E-state index < -0.39 is 0 Å². The highest BCUT2D eigenvalue weighted by molar-refractivity contribution is 5.80. The second kappa shape index (κ2) is 8.77. The predicted octanol–water partition coefficient (Wildman–Crippen LogP) is 2.23. The molecule has 0 amide bonds. The minimum absolute atomic E-state index is 0.602. The van der Waals surface area contributed by atoms with Crippen LogP contribution in [0.4, 0.5) is 0 Å². The molecule has 0 aromatic heterocycles. The summed E-state index contributed by atoms with van der Waals surface area (Å²) >= 11 is 0. The Labute approximate surface area is 139 Å². The highest BCUT2D eigenvalue weighted by atomic mass is 16.5. The van der Waals surface area contributed by atoms with Gasteiger partial charge in [-0.1, -0.05) is 6.07 Å². The maximum Gasteiger partial charge on any atom is 0.193 e. The average molecular weight is 319 g/mol. The Bertz CT molecular complexity index is 511. The van der Waals surface area contributed by atoms with Gasteiger partial charge in [-0.3, -0.25) is 4.99 Å². The molecule has 1 N–H and O–H groups in total. The van der Waals surface area contributed by atoms with Crippen molar-refractivity contribution in [3.63, 3.8) is 0 Å². The molecule has 1 atom stereocenters. The molecule has 1 aliphatic rings. The Morgan fingerprint density at radius 3 is 2.70 bits per heavy atom. The van der Waals surface area contributed by atoms with Gasteiger partial charge in [0, 0.05) is 33.2 Å². The second-order valence-corrected chi connectivity index (χ2v) is 6.20. The number of nitrogens with one attached hydrogen (secondary N) is 1. The van der Waals surface area contributed by atoms with Crippen molar-refractivity contribution in [1.29, 1.82) is 0 Å². The monoisotopic (exact) mass is 319 g/mol. The molecule has 1 heterocycles. The van der Waals surface area contributed by atoms with Crippen LogP contribution < -0.4 is 10.1 Å². The molecule has 1 aliphatic heterocycles. The Morgan fingerprint density at radius 1 is 1.30 bits per heavy atom. The molecular formula is C18H29N3O2. The summed E-state index contributed by atoms with van der Waals surface area (Å²) in [6.45, 7) is 8.40. The van der Waals surface area contributed by atoms with Gasteiger partial charge in [-0.05, 0) is 43.5 Å². The minimum Gasteiger partial charge on any atom is -0.492 e. The van der Waals surface area contributed by atoms with Crippen molar-refractivity contribution < 1.29 is 9.47 Å². The molecule has 128 valence electrons. The van der Waals surface area contributed by atoms with Crippen LogP contribution in [-0.4, -0.2) is 57.9 Å². The van der Waals surface area contributed by atoms with Gasteiger partial charge in [-0.15, -0.1) is 0 Å². The lowest BCUT2D eigenvalue weighted by atomic mass is 10.1. The lowest BCUT2D eigenvalue weighted by Crippen LogP contribution is -2.41. The van der Waals surface area contributed by atoms with Crippen molar-refractivity contribution in [3.05, 3.63) is 29.3 Å². The summed E-state index contributed by atoms with van der Waals surface area (Å²) in [5, 5.41) is 3.38. The number of likely N-dealkylation sites (tertiary alicyclic amines) is 1. The van der Waals surface area contributed by atoms with E-state index in [2.05, 4.69) is 47.3 Å². The summed E-state index contributed by atoms with van der Waals surface area (Å²) in [6.07, 6.45) is 1.16. The first-order chi connectivity index (χ1) is 11.1. The van der Waals surface area contributed by atoms with E-state index in [9.17, 15) is 0 Å². The van der Waals surface area contributed by atoms with Gasteiger partial charge in [0.15, 0.2) is 5.96 Å². The molecule has 1 saturated heterocycles. The molecule has 1 aromatic carbocycles. The van der Waals surface area contributed by atoms with E-state index in [1.54, 1.807) is 7.11 Å². The smallest absolute Gasteiger partial charge is 0.193 e. The van der Waals surface area contributed by atoms with E-state index in [1.165, 1.54) is 11.1 Å². The number of aryl methyl sites for hydroxylation is 2. The van der Waals surface area contributed by atoms with E-state index in [0.717, 1.165) is 44.4 Å². The van der Waals surface area contributed by atoms with Crippen molar-refractivity contribution >= 4 is 5.96 Å². The van der Waals surface area contributed by atoms with Crippen LogP contribution in [0.15, 0.2) is 23.2 Å². The molecule has 0 radical (unpaired) electrons. The van der Waals surface area contributed by atoms with Gasteiger partial charge >= 0.3 is 0 Å². The predicted molar refractivity (Wildman–Crippen MR) is 94.3 cm³/mol. The molecule has 23 heavy (non-hydrogen) atoms. The van der Waals surface area contributed by atoms with Gasteiger partial charge in [0.1, 0.15) is 12.4 Å². The van der Waals surface area contributed by atoms with Gasteiger partial charge in [-0.2, -0.15) is 0 Å². The van der Waals surface area contributed by atoms with Crippen molar-refractivity contribution in [2.75, 3.05) is 47.0 Å². The summed E-state index contributed by atoms with van der Waals surface area (Å²) in [7, 11) is 3.59. The molecule has 5 nitrogen and oxygen atoms in total. The topological polar surface area (TPSA) is 46.1 Å². The molecule has 1 fully saturated rings. The van der Waals surface area contributed by atoms with Crippen LogP contribution in [0.3, 0.4) is 0 Å². The molecule has 0 aliphatic carbocycles. The first-order valence-electron chi connectivity index (χ1n) is 8.28. The zero-order valence-corrected chi connectivity index (χ0v) is 14.8. The third kappa shape index (κ3) is 5.43. The molecule has 1 unspecified atom stereocenters. The third-order valence-corrected chi connectivity index (χ3v) is 4.05. The van der Waals surface area contributed by atoms with E-state index in [0.29, 0.717) is 12.5 Å². The van der Waals surface area contributed by atoms with Gasteiger partial charge in [-0.25, -0.2) is 0 Å². The average Bonchev–Trinajstić information content (AvgIpc) is 2.95. The van der Waals surface area contributed by atoms with Crippen molar-refractivity contribution in [2.24, 2.45) is 10.9 Å². The molecular weight excluding hydrogens is 290 g/mol. The summed E-state index contributed by atoms with van der Waals surface area (Å²) in [5.41, 5.74) is 2.45. The standard InChI is InChI=1S/C18H29N3O2/c1-14-9-15(2)11-17(10-14)23-8-6-20-18(19-3)21-7-5-16(12-21)13-22-4/h9-11,16H,5-8,12-13H2,1-4H3,(H,19,20). The van der Waals surface area contributed by atoms with Gasteiger partial charge in [0.25, 0.3) is 0 Å². The number of methoxy groups -OCH3 is 1. The zero-order chi connectivity index (χ0) is 16.7. The summed E-state index contributed by atoms with van der Waals surface area (Å²) in [6, 6.07) is 6.28. The van der Waals surface area contributed by atoms with E-state index in [4.69, 9.17) is 9.47 Å². The molecule has 0 spiro atoms. The number of hydrogen-bond acceptors (Lipinski definition) is 3. The van der Waals surface area contributed by atoms with Crippen LogP contribution in [0, 0.1) is 19.8 Å². The number of nitrogens with zero attached hydrogens (tertiary/aromatic N) is 2. The van der Waals surface area contributed by atoms with Crippen molar-refractivity contribution in [2.45, 2.75) is 20.3 Å². The maximum absolute atomic E-state index is 5.83. The fourth-order valence-corrected chi connectivity index (χ4v) is 3.08. The first kappa shape index (κ1) is 17.6. The second-order valence-electron chi connectivity index (χ2n) is 6.20. The first-order valence-corrected chi connectivity index (χ1v) is 8.28. The maximum atomic E-state index is 5.83. The Balaban J connectivity index is 1.74.